The van der Waals surface area contributed by atoms with Gasteiger partial charge in [-0.05, 0) is 43.3 Å². The average Bonchev–Trinajstić information content (AvgIpc) is 2.74. The number of aromatic nitrogens is 1. The summed E-state index contributed by atoms with van der Waals surface area (Å²) in [5.41, 5.74) is 3.89. The van der Waals surface area contributed by atoms with E-state index in [1.165, 1.54) is 24.3 Å². The van der Waals surface area contributed by atoms with Crippen LogP contribution in [-0.2, 0) is 0 Å². The Morgan fingerprint density at radius 2 is 1.79 bits per heavy atom. The Hall–Kier alpha value is -3.60. The van der Waals surface area contributed by atoms with Gasteiger partial charge in [-0.2, -0.15) is 0 Å². The number of para-hydroxylation sites is 1. The van der Waals surface area contributed by atoms with Crippen LogP contribution in [0.15, 0.2) is 66.7 Å². The molecule has 3 nitrogen and oxygen atoms in total. The van der Waals surface area contributed by atoms with Crippen molar-refractivity contribution in [3.8, 4) is 22.4 Å². The van der Waals surface area contributed by atoms with E-state index in [9.17, 15) is 9.18 Å². The van der Waals surface area contributed by atoms with Gasteiger partial charge in [0.1, 0.15) is 11.6 Å². The number of nitrogens with zero attached hydrogens (tertiary/aromatic N) is 1. The molecule has 0 amide bonds. The van der Waals surface area contributed by atoms with E-state index < -0.39 is 5.82 Å². The monoisotopic (exact) mass is 388 g/mol. The van der Waals surface area contributed by atoms with Crippen LogP contribution in [0.25, 0.3) is 33.3 Å². The Kier molecular flexibility index (Phi) is 5.04. The number of hydrogen-bond donors (Lipinski definition) is 1. The quantitative estimate of drug-likeness (QED) is 0.421. The van der Waals surface area contributed by atoms with Crippen molar-refractivity contribution < 1.29 is 13.6 Å². The van der Waals surface area contributed by atoms with Crippen molar-refractivity contribution in [2.24, 2.45) is 0 Å². The molecule has 4 rings (SSSR count). The summed E-state index contributed by atoms with van der Waals surface area (Å²) in [4.78, 5) is 16.0. The third kappa shape index (κ3) is 3.59. The van der Waals surface area contributed by atoms with Gasteiger partial charge in [0.05, 0.1) is 11.2 Å². The molecule has 4 aromatic rings. The molecule has 0 unspecified atom stereocenters. The minimum atomic E-state index is -0.440. The van der Waals surface area contributed by atoms with Crippen LogP contribution in [0.5, 0.6) is 0 Å². The molecule has 0 aliphatic carbocycles. The van der Waals surface area contributed by atoms with Crippen molar-refractivity contribution in [1.29, 1.82) is 0 Å². The van der Waals surface area contributed by atoms with Gasteiger partial charge >= 0.3 is 0 Å². The number of carbonyl (C=O) groups excluding carboxylic acids is 1. The fourth-order valence-electron chi connectivity index (χ4n) is 3.42. The van der Waals surface area contributed by atoms with Crippen molar-refractivity contribution in [2.75, 3.05) is 11.9 Å². The molecule has 1 heterocycles. The third-order valence-corrected chi connectivity index (χ3v) is 4.78. The summed E-state index contributed by atoms with van der Waals surface area (Å²) < 4.78 is 28.5. The first-order valence-electron chi connectivity index (χ1n) is 9.29. The molecule has 144 valence electrons. The molecule has 3 aromatic carbocycles. The highest BCUT2D eigenvalue weighted by atomic mass is 19.1. The summed E-state index contributed by atoms with van der Waals surface area (Å²) in [6.45, 7) is 2.71. The second-order valence-corrected chi connectivity index (χ2v) is 6.65. The first-order chi connectivity index (χ1) is 14.1. The van der Waals surface area contributed by atoms with Crippen LogP contribution >= 0.6 is 0 Å². The topological polar surface area (TPSA) is 42.0 Å². The number of pyridine rings is 1. The van der Waals surface area contributed by atoms with E-state index in [1.54, 1.807) is 18.2 Å². The fourth-order valence-corrected chi connectivity index (χ4v) is 3.42. The molecule has 0 spiro atoms. The normalized spacial score (nSPS) is 10.9. The molecule has 0 aliphatic heterocycles. The lowest BCUT2D eigenvalue weighted by atomic mass is 9.99. The number of aldehydes is 1. The summed E-state index contributed by atoms with van der Waals surface area (Å²) in [6.07, 6.45) is 0.657. The molecule has 0 bridgehead atoms. The van der Waals surface area contributed by atoms with Gasteiger partial charge in [-0.1, -0.05) is 30.3 Å². The summed E-state index contributed by atoms with van der Waals surface area (Å²) in [5, 5.41) is 3.67. The SMILES string of the molecule is CCNc1ccccc1-c1ccc(-c2cc(C=O)c3cc(F)ccc3n2)cc1F. The van der Waals surface area contributed by atoms with Crippen molar-refractivity contribution in [2.45, 2.75) is 6.92 Å². The van der Waals surface area contributed by atoms with Crippen LogP contribution in [0.2, 0.25) is 0 Å². The van der Waals surface area contributed by atoms with E-state index in [1.807, 2.05) is 31.2 Å². The number of benzene rings is 3. The number of hydrogen-bond acceptors (Lipinski definition) is 3. The van der Waals surface area contributed by atoms with E-state index in [-0.39, 0.29) is 5.82 Å². The summed E-state index contributed by atoms with van der Waals surface area (Å²) in [7, 11) is 0. The predicted molar refractivity (Wildman–Crippen MR) is 112 cm³/mol. The van der Waals surface area contributed by atoms with Gasteiger partial charge < -0.3 is 5.32 Å². The highest BCUT2D eigenvalue weighted by Crippen LogP contribution is 2.33. The van der Waals surface area contributed by atoms with Crippen molar-refractivity contribution in [1.82, 2.24) is 4.98 Å². The van der Waals surface area contributed by atoms with Crippen LogP contribution in [-0.4, -0.2) is 17.8 Å². The Morgan fingerprint density at radius 3 is 2.55 bits per heavy atom. The molecule has 0 aliphatic rings. The number of anilines is 1. The summed E-state index contributed by atoms with van der Waals surface area (Å²) in [6, 6.07) is 18.0. The minimum Gasteiger partial charge on any atom is -0.385 e. The number of carbonyl (C=O) groups is 1. The number of nitrogens with one attached hydrogen (secondary N) is 1. The van der Waals surface area contributed by atoms with Crippen molar-refractivity contribution in [3.05, 3.63) is 83.9 Å². The molecular weight excluding hydrogens is 370 g/mol. The smallest absolute Gasteiger partial charge is 0.150 e. The maximum atomic E-state index is 15.0. The van der Waals surface area contributed by atoms with Crippen LogP contribution in [0.1, 0.15) is 17.3 Å². The maximum absolute atomic E-state index is 15.0. The molecule has 1 N–H and O–H groups in total. The lowest BCUT2D eigenvalue weighted by molar-refractivity contribution is 0.112. The molecule has 0 fully saturated rings. The van der Waals surface area contributed by atoms with Gasteiger partial charge in [-0.15, -0.1) is 0 Å². The molecular formula is C24H18F2N2O. The minimum absolute atomic E-state index is 0.312. The zero-order chi connectivity index (χ0) is 20.4. The molecule has 0 atom stereocenters. The molecule has 0 radical (unpaired) electrons. The van der Waals surface area contributed by atoms with E-state index in [4.69, 9.17) is 0 Å². The van der Waals surface area contributed by atoms with Crippen LogP contribution in [0.3, 0.4) is 0 Å². The standard InChI is InChI=1S/C24H18F2N2O/c1-2-27-22-6-4-3-5-19(22)18-9-7-15(11-21(18)26)24-12-16(14-29)20-13-17(25)8-10-23(20)28-24/h3-14,27H,2H2,1H3. The van der Waals surface area contributed by atoms with Crippen LogP contribution < -0.4 is 5.32 Å². The van der Waals surface area contributed by atoms with E-state index >= 15 is 4.39 Å². The molecule has 0 saturated heterocycles. The Bertz CT molecular complexity index is 1220. The lowest BCUT2D eigenvalue weighted by Crippen LogP contribution is -1.99. The van der Waals surface area contributed by atoms with Crippen LogP contribution in [0.4, 0.5) is 14.5 Å². The van der Waals surface area contributed by atoms with Crippen molar-refractivity contribution >= 4 is 22.9 Å². The molecule has 29 heavy (non-hydrogen) atoms. The van der Waals surface area contributed by atoms with Gasteiger partial charge in [0.2, 0.25) is 0 Å². The summed E-state index contributed by atoms with van der Waals surface area (Å²) in [5.74, 6) is -0.827. The number of fused-ring (bicyclic) bond motifs is 1. The zero-order valence-electron chi connectivity index (χ0n) is 15.7. The van der Waals surface area contributed by atoms with E-state index in [0.29, 0.717) is 39.6 Å². The zero-order valence-corrected chi connectivity index (χ0v) is 15.7. The molecule has 1 aromatic heterocycles. The Labute approximate surface area is 167 Å². The Balaban J connectivity index is 1.81. The fraction of sp³-hybridized carbons (Fsp3) is 0.0833. The number of halogens is 2. The Morgan fingerprint density at radius 1 is 0.966 bits per heavy atom. The predicted octanol–water partition coefficient (Wildman–Crippen LogP) is 6.09. The molecule has 5 heteroatoms. The largest absolute Gasteiger partial charge is 0.385 e. The van der Waals surface area contributed by atoms with Gasteiger partial charge in [0, 0.05) is 39.9 Å². The van der Waals surface area contributed by atoms with Gasteiger partial charge in [-0.25, -0.2) is 13.8 Å². The van der Waals surface area contributed by atoms with Gasteiger partial charge in [0.25, 0.3) is 0 Å². The lowest BCUT2D eigenvalue weighted by Gasteiger charge is -2.13. The highest BCUT2D eigenvalue weighted by molar-refractivity contribution is 5.98. The highest BCUT2D eigenvalue weighted by Gasteiger charge is 2.13. The van der Waals surface area contributed by atoms with E-state index in [2.05, 4.69) is 10.3 Å². The summed E-state index contributed by atoms with van der Waals surface area (Å²) >= 11 is 0. The second-order valence-electron chi connectivity index (χ2n) is 6.65. The third-order valence-electron chi connectivity index (χ3n) is 4.78. The first kappa shape index (κ1) is 18.7. The number of rotatable bonds is 5. The molecule has 0 saturated carbocycles. The van der Waals surface area contributed by atoms with E-state index in [0.717, 1.165) is 17.8 Å². The van der Waals surface area contributed by atoms with Gasteiger partial charge in [0.15, 0.2) is 6.29 Å². The van der Waals surface area contributed by atoms with Crippen molar-refractivity contribution in [3.63, 3.8) is 0 Å². The first-order valence-corrected chi connectivity index (χ1v) is 9.29. The maximum Gasteiger partial charge on any atom is 0.150 e. The second kappa shape index (κ2) is 7.80. The average molecular weight is 388 g/mol. The van der Waals surface area contributed by atoms with Crippen LogP contribution in [0, 0.1) is 11.6 Å². The van der Waals surface area contributed by atoms with Gasteiger partial charge in [-0.3, -0.25) is 4.79 Å².